The Morgan fingerprint density at radius 2 is 1.93 bits per heavy atom. The van der Waals surface area contributed by atoms with Gasteiger partial charge in [0.15, 0.2) is 6.61 Å². The summed E-state index contributed by atoms with van der Waals surface area (Å²) < 4.78 is 47.4. The fourth-order valence-electron chi connectivity index (χ4n) is 2.48. The summed E-state index contributed by atoms with van der Waals surface area (Å²) in [5.74, 6) is -0.879. The summed E-state index contributed by atoms with van der Waals surface area (Å²) in [6, 6.07) is 7.46. The number of rotatable bonds is 6. The Morgan fingerprint density at radius 3 is 2.55 bits per heavy atom. The molecule has 0 atom stereocenters. The van der Waals surface area contributed by atoms with Crippen molar-refractivity contribution in [2.45, 2.75) is 13.1 Å². The number of benzene rings is 2. The molecule has 0 amide bonds. The van der Waals surface area contributed by atoms with Crippen LogP contribution in [0, 0.1) is 0 Å². The van der Waals surface area contributed by atoms with Gasteiger partial charge in [0.25, 0.3) is 0 Å². The zero-order chi connectivity index (χ0) is 21.2. The number of nitrogens with zero attached hydrogens (tertiary/aromatic N) is 1. The summed E-state index contributed by atoms with van der Waals surface area (Å²) in [7, 11) is 0. The van der Waals surface area contributed by atoms with Gasteiger partial charge < -0.3 is 19.8 Å². The lowest BCUT2D eigenvalue weighted by atomic mass is 10.1. The minimum absolute atomic E-state index is 0.0496. The number of fused-ring (bicyclic) bond motifs is 1. The molecule has 2 aromatic carbocycles. The predicted octanol–water partition coefficient (Wildman–Crippen LogP) is 5.73. The van der Waals surface area contributed by atoms with E-state index in [-0.39, 0.29) is 23.9 Å². The van der Waals surface area contributed by atoms with Crippen molar-refractivity contribution >= 4 is 51.8 Å². The number of anilines is 2. The van der Waals surface area contributed by atoms with E-state index in [0.717, 1.165) is 0 Å². The monoisotopic (exact) mass is 447 g/mol. The lowest BCUT2D eigenvalue weighted by molar-refractivity contribution is -0.153. The first-order valence-corrected chi connectivity index (χ1v) is 9.05. The first-order valence-electron chi connectivity index (χ1n) is 8.29. The van der Waals surface area contributed by atoms with Gasteiger partial charge in [0.05, 0.1) is 33.4 Å². The third kappa shape index (κ3) is 5.04. The molecule has 0 bridgehead atoms. The van der Waals surface area contributed by atoms with Crippen molar-refractivity contribution in [3.63, 3.8) is 0 Å². The highest BCUT2D eigenvalue weighted by Crippen LogP contribution is 2.33. The van der Waals surface area contributed by atoms with Gasteiger partial charge in [0.1, 0.15) is 11.3 Å². The highest BCUT2D eigenvalue weighted by atomic mass is 35.5. The molecule has 0 saturated carbocycles. The van der Waals surface area contributed by atoms with Gasteiger partial charge in [-0.15, -0.1) is 0 Å². The number of halogens is 5. The van der Waals surface area contributed by atoms with Gasteiger partial charge in [-0.25, -0.2) is 9.78 Å². The number of hydrogen-bond acceptors (Lipinski definition) is 5. The SMILES string of the molecule is CCOC(=O)c1cc2nc(Nc3c(Cl)cccc3Cl)[nH]c2cc1OCC(F)(F)F. The van der Waals surface area contributed by atoms with Crippen LogP contribution in [0.1, 0.15) is 17.3 Å². The van der Waals surface area contributed by atoms with Crippen LogP contribution in [0.5, 0.6) is 5.75 Å². The Bertz CT molecular complexity index is 1030. The van der Waals surface area contributed by atoms with Crippen LogP contribution in [0.3, 0.4) is 0 Å². The zero-order valence-corrected chi connectivity index (χ0v) is 16.4. The van der Waals surface area contributed by atoms with E-state index in [1.54, 1.807) is 25.1 Å². The molecule has 0 spiro atoms. The normalized spacial score (nSPS) is 11.5. The van der Waals surface area contributed by atoms with Crippen LogP contribution in [0.15, 0.2) is 30.3 Å². The van der Waals surface area contributed by atoms with E-state index in [2.05, 4.69) is 15.3 Å². The van der Waals surface area contributed by atoms with Crippen molar-refractivity contribution in [2.75, 3.05) is 18.5 Å². The molecule has 0 saturated heterocycles. The van der Waals surface area contributed by atoms with E-state index in [4.69, 9.17) is 32.7 Å². The smallest absolute Gasteiger partial charge is 0.422 e. The molecule has 3 aromatic rings. The molecule has 0 radical (unpaired) electrons. The van der Waals surface area contributed by atoms with Crippen LogP contribution < -0.4 is 10.1 Å². The highest BCUT2D eigenvalue weighted by Gasteiger charge is 2.30. The number of aromatic nitrogens is 2. The second-order valence-corrected chi connectivity index (χ2v) is 6.61. The van der Waals surface area contributed by atoms with Crippen LogP contribution in [-0.2, 0) is 4.74 Å². The molecule has 0 fully saturated rings. The third-order valence-electron chi connectivity index (χ3n) is 3.68. The van der Waals surface area contributed by atoms with E-state index < -0.39 is 18.8 Å². The Balaban J connectivity index is 1.99. The van der Waals surface area contributed by atoms with E-state index in [9.17, 15) is 18.0 Å². The molecule has 0 unspecified atom stereocenters. The molecule has 3 rings (SSSR count). The molecule has 11 heteroatoms. The van der Waals surface area contributed by atoms with Gasteiger partial charge in [-0.2, -0.15) is 13.2 Å². The summed E-state index contributed by atoms with van der Waals surface area (Å²) in [6.07, 6.45) is -4.57. The minimum Gasteiger partial charge on any atom is -0.483 e. The van der Waals surface area contributed by atoms with Gasteiger partial charge >= 0.3 is 12.1 Å². The Labute approximate surface area is 172 Å². The van der Waals surface area contributed by atoms with E-state index in [1.807, 2.05) is 0 Å². The number of nitrogens with one attached hydrogen (secondary N) is 2. The summed E-state index contributed by atoms with van der Waals surface area (Å²) in [4.78, 5) is 19.3. The maximum absolute atomic E-state index is 12.6. The number of alkyl halides is 3. The number of aromatic amines is 1. The number of carbonyl (C=O) groups is 1. The number of H-pyrrole nitrogens is 1. The van der Waals surface area contributed by atoms with Crippen LogP contribution >= 0.6 is 23.2 Å². The molecule has 0 aliphatic carbocycles. The Hall–Kier alpha value is -2.65. The Morgan fingerprint density at radius 1 is 1.24 bits per heavy atom. The average molecular weight is 448 g/mol. The molecule has 1 aromatic heterocycles. The molecule has 29 heavy (non-hydrogen) atoms. The number of hydrogen-bond donors (Lipinski definition) is 2. The quantitative estimate of drug-likeness (QED) is 0.471. The van der Waals surface area contributed by atoms with Crippen molar-refractivity contribution in [2.24, 2.45) is 0 Å². The van der Waals surface area contributed by atoms with Crippen molar-refractivity contribution < 1.29 is 27.4 Å². The summed E-state index contributed by atoms with van der Waals surface area (Å²) >= 11 is 12.2. The molecule has 1 heterocycles. The third-order valence-corrected chi connectivity index (χ3v) is 4.31. The van der Waals surface area contributed by atoms with Crippen molar-refractivity contribution in [1.29, 1.82) is 0 Å². The fraction of sp³-hybridized carbons (Fsp3) is 0.222. The van der Waals surface area contributed by atoms with Crippen LogP contribution in [-0.4, -0.2) is 35.3 Å². The van der Waals surface area contributed by atoms with Gasteiger partial charge in [-0.1, -0.05) is 29.3 Å². The van der Waals surface area contributed by atoms with Gasteiger partial charge in [0.2, 0.25) is 5.95 Å². The number of imidazole rings is 1. The molecule has 0 aliphatic rings. The van der Waals surface area contributed by atoms with Crippen LogP contribution in [0.2, 0.25) is 10.0 Å². The van der Waals surface area contributed by atoms with E-state index >= 15 is 0 Å². The van der Waals surface area contributed by atoms with E-state index in [1.165, 1.54) is 12.1 Å². The highest BCUT2D eigenvalue weighted by molar-refractivity contribution is 6.39. The first-order chi connectivity index (χ1) is 13.7. The fourth-order valence-corrected chi connectivity index (χ4v) is 2.97. The second-order valence-electron chi connectivity index (χ2n) is 5.80. The lowest BCUT2D eigenvalue weighted by Crippen LogP contribution is -2.20. The lowest BCUT2D eigenvalue weighted by Gasteiger charge is -2.12. The largest absolute Gasteiger partial charge is 0.483 e. The number of ether oxygens (including phenoxy) is 2. The maximum Gasteiger partial charge on any atom is 0.422 e. The summed E-state index contributed by atoms with van der Waals surface area (Å²) in [5.41, 5.74) is 0.866. The summed E-state index contributed by atoms with van der Waals surface area (Å²) in [6.45, 7) is 0.0733. The predicted molar refractivity (Wildman–Crippen MR) is 103 cm³/mol. The Kier molecular flexibility index (Phi) is 6.09. The van der Waals surface area contributed by atoms with Crippen LogP contribution in [0.25, 0.3) is 11.0 Å². The molecule has 2 N–H and O–H groups in total. The van der Waals surface area contributed by atoms with Crippen molar-refractivity contribution in [3.05, 3.63) is 45.9 Å². The molecule has 0 aliphatic heterocycles. The minimum atomic E-state index is -4.57. The second kappa shape index (κ2) is 8.38. The first kappa shape index (κ1) is 21.1. The standard InChI is InChI=1S/C18H14Cl2F3N3O3/c1-2-28-16(27)9-6-12-13(7-14(9)29-8-18(21,22)23)25-17(24-12)26-15-10(19)4-3-5-11(15)20/h3-7H,2,8H2,1H3,(H2,24,25,26). The molecular formula is C18H14Cl2F3N3O3. The number of carbonyl (C=O) groups excluding carboxylic acids is 1. The van der Waals surface area contributed by atoms with Crippen molar-refractivity contribution in [1.82, 2.24) is 9.97 Å². The zero-order valence-electron chi connectivity index (χ0n) is 14.9. The summed E-state index contributed by atoms with van der Waals surface area (Å²) in [5, 5.41) is 3.61. The van der Waals surface area contributed by atoms with Gasteiger partial charge in [-0.05, 0) is 25.1 Å². The molecule has 154 valence electrons. The number of para-hydroxylation sites is 1. The van der Waals surface area contributed by atoms with E-state index in [0.29, 0.717) is 26.8 Å². The topological polar surface area (TPSA) is 76.2 Å². The maximum atomic E-state index is 12.6. The van der Waals surface area contributed by atoms with Crippen LogP contribution in [0.4, 0.5) is 24.8 Å². The van der Waals surface area contributed by atoms with Gasteiger partial charge in [-0.3, -0.25) is 0 Å². The molecule has 6 nitrogen and oxygen atoms in total. The van der Waals surface area contributed by atoms with Gasteiger partial charge in [0, 0.05) is 6.07 Å². The molecular weight excluding hydrogens is 434 g/mol. The average Bonchev–Trinajstić information content (AvgIpc) is 3.03. The van der Waals surface area contributed by atoms with Crippen molar-refractivity contribution in [3.8, 4) is 5.75 Å². The number of esters is 1.